The summed E-state index contributed by atoms with van der Waals surface area (Å²) >= 11 is 23.6. The smallest absolute Gasteiger partial charge is 0.0970 e. The molecule has 0 bridgehead atoms. The van der Waals surface area contributed by atoms with Crippen molar-refractivity contribution in [3.8, 4) is 0 Å². The van der Waals surface area contributed by atoms with Crippen LogP contribution in [-0.4, -0.2) is 8.67 Å². The topological polar surface area (TPSA) is 0 Å². The van der Waals surface area contributed by atoms with Crippen molar-refractivity contribution in [1.29, 1.82) is 0 Å². The van der Waals surface area contributed by atoms with E-state index in [2.05, 4.69) is 13.2 Å². The molecule has 12 heavy (non-hydrogen) atoms. The average molecular weight is 248 g/mol. The van der Waals surface area contributed by atoms with Gasteiger partial charge in [0.05, 0.1) is 0 Å². The molecule has 0 N–H and O–H groups in total. The Kier molecular flexibility index (Phi) is 3.99. The molecule has 0 aromatic heterocycles. The Morgan fingerprint density at radius 2 is 1.00 bits per heavy atom. The van der Waals surface area contributed by atoms with Crippen LogP contribution in [0.2, 0.25) is 0 Å². The van der Waals surface area contributed by atoms with Gasteiger partial charge in [-0.15, -0.1) is 0 Å². The highest BCUT2D eigenvalue weighted by molar-refractivity contribution is 6.64. The molecule has 0 aromatic carbocycles. The molecule has 0 aliphatic rings. The van der Waals surface area contributed by atoms with Gasteiger partial charge in [-0.25, -0.2) is 0 Å². The standard InChI is InChI=1S/C8H10Cl4/c1-5(2)7(9,10)8(11,12)6(3)4/h1,3H2,2,4H3. The molecule has 0 amide bonds. The van der Waals surface area contributed by atoms with E-state index in [4.69, 9.17) is 46.4 Å². The highest BCUT2D eigenvalue weighted by Crippen LogP contribution is 2.50. The Balaban J connectivity index is 5.01. The predicted octanol–water partition coefficient (Wildman–Crippen LogP) is 4.49. The molecule has 70 valence electrons. The third kappa shape index (κ3) is 2.11. The quantitative estimate of drug-likeness (QED) is 0.510. The summed E-state index contributed by atoms with van der Waals surface area (Å²) in [7, 11) is 0. The summed E-state index contributed by atoms with van der Waals surface area (Å²) in [6, 6.07) is 0. The highest BCUT2D eigenvalue weighted by atomic mass is 35.5. The lowest BCUT2D eigenvalue weighted by atomic mass is 10.1. The number of allylic oxidation sites excluding steroid dienone is 2. The summed E-state index contributed by atoms with van der Waals surface area (Å²) in [5.41, 5.74) is 0.970. The number of alkyl halides is 4. The first kappa shape index (κ1) is 12.6. The van der Waals surface area contributed by atoms with Gasteiger partial charge in [-0.3, -0.25) is 0 Å². The van der Waals surface area contributed by atoms with E-state index in [-0.39, 0.29) is 0 Å². The molecule has 0 radical (unpaired) electrons. The zero-order valence-corrected chi connectivity index (χ0v) is 9.95. The van der Waals surface area contributed by atoms with Crippen LogP contribution < -0.4 is 0 Å². The zero-order chi connectivity index (χ0) is 10.2. The van der Waals surface area contributed by atoms with Crippen molar-refractivity contribution in [3.63, 3.8) is 0 Å². The van der Waals surface area contributed by atoms with E-state index in [1.54, 1.807) is 13.8 Å². The van der Waals surface area contributed by atoms with Gasteiger partial charge in [-0.1, -0.05) is 59.6 Å². The lowest BCUT2D eigenvalue weighted by molar-refractivity contribution is 0.815. The van der Waals surface area contributed by atoms with Crippen LogP contribution >= 0.6 is 46.4 Å². The normalized spacial score (nSPS) is 12.8. The molecule has 0 aliphatic carbocycles. The van der Waals surface area contributed by atoms with Gasteiger partial charge in [-0.05, 0) is 25.0 Å². The number of hydrogen-bond acceptors (Lipinski definition) is 0. The van der Waals surface area contributed by atoms with Crippen molar-refractivity contribution in [2.45, 2.75) is 22.5 Å². The van der Waals surface area contributed by atoms with Crippen LogP contribution in [0, 0.1) is 0 Å². The highest BCUT2D eigenvalue weighted by Gasteiger charge is 2.48. The second kappa shape index (κ2) is 3.79. The number of hydrogen-bond donors (Lipinski definition) is 0. The Morgan fingerprint density at radius 3 is 1.08 bits per heavy atom. The molecule has 0 saturated heterocycles. The number of halogens is 4. The zero-order valence-electron chi connectivity index (χ0n) is 6.93. The number of rotatable bonds is 3. The Labute approximate surface area is 93.1 Å². The fraction of sp³-hybridized carbons (Fsp3) is 0.500. The molecule has 0 unspecified atom stereocenters. The van der Waals surface area contributed by atoms with Crippen LogP contribution in [0.3, 0.4) is 0 Å². The molecule has 0 aromatic rings. The maximum Gasteiger partial charge on any atom is 0.175 e. The predicted molar refractivity (Wildman–Crippen MR) is 58.5 cm³/mol. The molecule has 4 heteroatoms. The first-order valence-electron chi connectivity index (χ1n) is 3.21. The van der Waals surface area contributed by atoms with Gasteiger partial charge >= 0.3 is 0 Å². The summed E-state index contributed by atoms with van der Waals surface area (Å²) < 4.78 is -2.80. The molecular formula is C8H10Cl4. The first-order valence-corrected chi connectivity index (χ1v) is 4.72. The Hall–Kier alpha value is 0.640. The van der Waals surface area contributed by atoms with E-state index in [1.165, 1.54) is 0 Å². The summed E-state index contributed by atoms with van der Waals surface area (Å²) in [6.07, 6.45) is 0. The maximum atomic E-state index is 5.90. The summed E-state index contributed by atoms with van der Waals surface area (Å²) in [4.78, 5) is 0. The Bertz CT molecular complexity index is 191. The summed E-state index contributed by atoms with van der Waals surface area (Å²) in [5, 5.41) is 0. The van der Waals surface area contributed by atoms with Crippen molar-refractivity contribution in [1.82, 2.24) is 0 Å². The lowest BCUT2D eigenvalue weighted by Gasteiger charge is -2.33. The van der Waals surface area contributed by atoms with Crippen molar-refractivity contribution in [3.05, 3.63) is 24.3 Å². The molecule has 0 saturated carbocycles. The Morgan fingerprint density at radius 1 is 0.833 bits per heavy atom. The van der Waals surface area contributed by atoms with Crippen LogP contribution in [0.15, 0.2) is 24.3 Å². The van der Waals surface area contributed by atoms with E-state index in [1.807, 2.05) is 0 Å². The minimum absolute atomic E-state index is 0.485. The van der Waals surface area contributed by atoms with E-state index >= 15 is 0 Å². The molecule has 0 aliphatic heterocycles. The van der Waals surface area contributed by atoms with Crippen molar-refractivity contribution >= 4 is 46.4 Å². The van der Waals surface area contributed by atoms with Crippen molar-refractivity contribution < 1.29 is 0 Å². The molecule has 0 heterocycles. The van der Waals surface area contributed by atoms with Gasteiger partial charge in [0.2, 0.25) is 0 Å². The van der Waals surface area contributed by atoms with E-state index in [9.17, 15) is 0 Å². The van der Waals surface area contributed by atoms with Crippen LogP contribution in [-0.2, 0) is 0 Å². The van der Waals surface area contributed by atoms with Gasteiger partial charge in [0.15, 0.2) is 8.67 Å². The minimum Gasteiger partial charge on any atom is -0.0970 e. The molecule has 0 nitrogen and oxygen atoms in total. The van der Waals surface area contributed by atoms with Crippen LogP contribution in [0.25, 0.3) is 0 Å². The van der Waals surface area contributed by atoms with Gasteiger partial charge in [0, 0.05) is 0 Å². The molecule has 0 rings (SSSR count). The van der Waals surface area contributed by atoms with Crippen LogP contribution in [0.1, 0.15) is 13.8 Å². The van der Waals surface area contributed by atoms with Gasteiger partial charge in [0.25, 0.3) is 0 Å². The summed E-state index contributed by atoms with van der Waals surface area (Å²) in [5.74, 6) is 0. The minimum atomic E-state index is -1.40. The van der Waals surface area contributed by atoms with Gasteiger partial charge in [-0.2, -0.15) is 0 Å². The second-order valence-electron chi connectivity index (χ2n) is 2.71. The fourth-order valence-corrected chi connectivity index (χ4v) is 1.18. The molecule has 0 fully saturated rings. The third-order valence-corrected chi connectivity index (χ3v) is 4.28. The average Bonchev–Trinajstić information content (AvgIpc) is 1.86. The monoisotopic (exact) mass is 246 g/mol. The van der Waals surface area contributed by atoms with Crippen molar-refractivity contribution in [2.75, 3.05) is 0 Å². The van der Waals surface area contributed by atoms with E-state index in [0.29, 0.717) is 11.1 Å². The maximum absolute atomic E-state index is 5.90. The molecule has 0 spiro atoms. The van der Waals surface area contributed by atoms with E-state index in [0.717, 1.165) is 0 Å². The van der Waals surface area contributed by atoms with Crippen molar-refractivity contribution in [2.24, 2.45) is 0 Å². The first-order chi connectivity index (χ1) is 5.14. The largest absolute Gasteiger partial charge is 0.175 e. The third-order valence-electron chi connectivity index (χ3n) is 1.47. The SMILES string of the molecule is C=C(C)C(Cl)(Cl)C(Cl)(Cl)C(=C)C. The summed E-state index contributed by atoms with van der Waals surface area (Å²) in [6.45, 7) is 10.5. The molecular weight excluding hydrogens is 238 g/mol. The second-order valence-corrected chi connectivity index (χ2v) is 5.36. The van der Waals surface area contributed by atoms with Crippen LogP contribution in [0.4, 0.5) is 0 Å². The van der Waals surface area contributed by atoms with Gasteiger partial charge in [0.1, 0.15) is 0 Å². The van der Waals surface area contributed by atoms with Gasteiger partial charge < -0.3 is 0 Å². The van der Waals surface area contributed by atoms with Crippen LogP contribution in [0.5, 0.6) is 0 Å². The fourth-order valence-electron chi connectivity index (χ4n) is 0.536. The molecule has 0 atom stereocenters. The van der Waals surface area contributed by atoms with E-state index < -0.39 is 8.67 Å². The lowest BCUT2D eigenvalue weighted by Crippen LogP contribution is -2.37.